The molecule has 1 aromatic carbocycles. The van der Waals surface area contributed by atoms with Gasteiger partial charge in [-0.15, -0.1) is 0 Å². The van der Waals surface area contributed by atoms with E-state index < -0.39 is 0 Å². The number of likely N-dealkylation sites (tertiary alicyclic amines) is 1. The van der Waals surface area contributed by atoms with Crippen LogP contribution in [0.25, 0.3) is 0 Å². The summed E-state index contributed by atoms with van der Waals surface area (Å²) in [5, 5.41) is 0. The van der Waals surface area contributed by atoms with Crippen LogP contribution in [0.4, 0.5) is 0 Å². The maximum Gasteiger partial charge on any atom is 0.178 e. The van der Waals surface area contributed by atoms with Gasteiger partial charge in [0.25, 0.3) is 0 Å². The number of methoxy groups -OCH3 is 1. The fourth-order valence-electron chi connectivity index (χ4n) is 5.11. The van der Waals surface area contributed by atoms with Crippen molar-refractivity contribution in [2.45, 2.75) is 36.8 Å². The Bertz CT molecular complexity index is 787. The summed E-state index contributed by atoms with van der Waals surface area (Å²) < 4.78 is 12.9. The fraction of sp³-hybridized carbons (Fsp3) is 0.500. The molecule has 0 saturated carbocycles. The largest absolute Gasteiger partial charge is 0.493 e. The molecule has 1 aromatic rings. The Labute approximate surface area is 143 Å². The molecule has 4 aliphatic rings. The normalized spacial score (nSPS) is 33.9. The zero-order valence-corrected chi connectivity index (χ0v) is 14.8. The van der Waals surface area contributed by atoms with E-state index in [1.165, 1.54) is 16.7 Å². The summed E-state index contributed by atoms with van der Waals surface area (Å²) in [7, 11) is 3.84. The number of hydrogen-bond donors (Lipinski definition) is 0. The minimum absolute atomic E-state index is 0.194. The fourth-order valence-corrected chi connectivity index (χ4v) is 5.68. The minimum Gasteiger partial charge on any atom is -0.493 e. The van der Waals surface area contributed by atoms with Crippen molar-refractivity contribution in [2.24, 2.45) is 0 Å². The highest BCUT2D eigenvalue weighted by Gasteiger charge is 2.63. The number of ketones is 1. The summed E-state index contributed by atoms with van der Waals surface area (Å²) in [4.78, 5) is 15.1. The number of rotatable bonds is 1. The maximum absolute atomic E-state index is 12.7. The summed E-state index contributed by atoms with van der Waals surface area (Å²) in [6, 6.07) is 2.35. The van der Waals surface area contributed by atoms with E-state index in [-0.39, 0.29) is 17.3 Å². The van der Waals surface area contributed by atoms with Crippen LogP contribution in [0.3, 0.4) is 0 Å². The van der Waals surface area contributed by atoms with Gasteiger partial charge in [0.1, 0.15) is 0 Å². The zero-order chi connectivity index (χ0) is 15.9. The van der Waals surface area contributed by atoms with Gasteiger partial charge in [-0.05, 0) is 43.6 Å². The molecule has 4 nitrogen and oxygen atoms in total. The lowest BCUT2D eigenvalue weighted by Gasteiger charge is -2.52. The maximum atomic E-state index is 12.7. The van der Waals surface area contributed by atoms with Crippen LogP contribution in [-0.2, 0) is 16.6 Å². The van der Waals surface area contributed by atoms with Crippen LogP contribution >= 0.6 is 15.9 Å². The Morgan fingerprint density at radius 2 is 2.30 bits per heavy atom. The molecule has 0 aromatic heterocycles. The smallest absolute Gasteiger partial charge is 0.178 e. The molecule has 2 aliphatic carbocycles. The lowest BCUT2D eigenvalue weighted by atomic mass is 9.56. The molecule has 5 heteroatoms. The van der Waals surface area contributed by atoms with Crippen molar-refractivity contribution >= 4 is 21.7 Å². The summed E-state index contributed by atoms with van der Waals surface area (Å²) >= 11 is 3.72. The Hall–Kier alpha value is -1.33. The second kappa shape index (κ2) is 4.39. The first kappa shape index (κ1) is 14.1. The molecular formula is C18H18BrNO3. The van der Waals surface area contributed by atoms with Crippen molar-refractivity contribution in [2.75, 3.05) is 20.7 Å². The van der Waals surface area contributed by atoms with Gasteiger partial charge in [0, 0.05) is 22.5 Å². The van der Waals surface area contributed by atoms with Crippen LogP contribution in [0.2, 0.25) is 0 Å². The third kappa shape index (κ3) is 1.48. The monoisotopic (exact) mass is 375 g/mol. The third-order valence-electron chi connectivity index (χ3n) is 6.13. The molecule has 5 rings (SSSR count). The van der Waals surface area contributed by atoms with Gasteiger partial charge in [0.05, 0.1) is 12.5 Å². The van der Waals surface area contributed by atoms with E-state index in [1.54, 1.807) is 7.11 Å². The van der Waals surface area contributed by atoms with E-state index >= 15 is 0 Å². The van der Waals surface area contributed by atoms with E-state index in [0.29, 0.717) is 12.5 Å². The van der Waals surface area contributed by atoms with Crippen molar-refractivity contribution in [1.82, 2.24) is 4.90 Å². The Morgan fingerprint density at radius 1 is 1.48 bits per heavy atom. The second-order valence-electron chi connectivity index (χ2n) is 6.99. The van der Waals surface area contributed by atoms with Gasteiger partial charge in [0.2, 0.25) is 0 Å². The van der Waals surface area contributed by atoms with Gasteiger partial charge in [-0.3, -0.25) is 9.69 Å². The molecule has 2 bridgehead atoms. The highest BCUT2D eigenvalue weighted by Crippen LogP contribution is 2.62. The van der Waals surface area contributed by atoms with E-state index in [0.717, 1.165) is 35.4 Å². The van der Waals surface area contributed by atoms with Gasteiger partial charge in [-0.1, -0.05) is 22.0 Å². The number of likely N-dealkylation sites (N-methyl/N-ethyl adjacent to an activating group) is 1. The van der Waals surface area contributed by atoms with Crippen LogP contribution in [0.1, 0.15) is 24.0 Å². The summed E-state index contributed by atoms with van der Waals surface area (Å²) in [5.41, 5.74) is 3.61. The lowest BCUT2D eigenvalue weighted by Crippen LogP contribution is -2.60. The van der Waals surface area contributed by atoms with Crippen LogP contribution in [-0.4, -0.2) is 43.5 Å². The third-order valence-corrected chi connectivity index (χ3v) is 6.83. The SMILES string of the molecule is COc1cc(Br)c2c3c1O[C@@H]1C(=O)CC=C4C(C2)N(C)CC[C@@]431. The lowest BCUT2D eigenvalue weighted by molar-refractivity contribution is -0.128. The van der Waals surface area contributed by atoms with Crippen LogP contribution in [0.15, 0.2) is 22.2 Å². The molecule has 2 heterocycles. The van der Waals surface area contributed by atoms with Crippen LogP contribution in [0, 0.1) is 0 Å². The molecule has 120 valence electrons. The van der Waals surface area contributed by atoms with Gasteiger partial charge in [-0.2, -0.15) is 0 Å². The molecule has 0 N–H and O–H groups in total. The van der Waals surface area contributed by atoms with E-state index in [1.807, 2.05) is 6.07 Å². The summed E-state index contributed by atoms with van der Waals surface area (Å²) in [6.07, 6.45) is 4.17. The number of benzene rings is 1. The Morgan fingerprint density at radius 3 is 3.09 bits per heavy atom. The average molecular weight is 376 g/mol. The van der Waals surface area contributed by atoms with Crippen molar-refractivity contribution < 1.29 is 14.3 Å². The van der Waals surface area contributed by atoms with Gasteiger partial charge < -0.3 is 9.47 Å². The molecule has 2 aliphatic heterocycles. The number of hydrogen-bond acceptors (Lipinski definition) is 4. The van der Waals surface area contributed by atoms with Gasteiger partial charge in [0.15, 0.2) is 23.4 Å². The highest BCUT2D eigenvalue weighted by molar-refractivity contribution is 9.10. The number of carbonyl (C=O) groups excluding carboxylic acids is 1. The minimum atomic E-state index is -0.379. The number of piperidine rings is 1. The molecular weight excluding hydrogens is 358 g/mol. The van der Waals surface area contributed by atoms with Gasteiger partial charge >= 0.3 is 0 Å². The first-order valence-corrected chi connectivity index (χ1v) is 8.87. The molecule has 0 radical (unpaired) electrons. The zero-order valence-electron chi connectivity index (χ0n) is 13.2. The molecule has 1 fully saturated rings. The first-order valence-electron chi connectivity index (χ1n) is 8.08. The average Bonchev–Trinajstić information content (AvgIpc) is 2.89. The van der Waals surface area contributed by atoms with Crippen molar-refractivity contribution in [3.8, 4) is 11.5 Å². The predicted octanol–water partition coefficient (Wildman–Crippen LogP) is 2.62. The predicted molar refractivity (Wildman–Crippen MR) is 89.2 cm³/mol. The van der Waals surface area contributed by atoms with E-state index in [4.69, 9.17) is 9.47 Å². The highest BCUT2D eigenvalue weighted by atomic mass is 79.9. The van der Waals surface area contributed by atoms with E-state index in [9.17, 15) is 4.79 Å². The topological polar surface area (TPSA) is 38.8 Å². The number of ether oxygens (including phenoxy) is 2. The van der Waals surface area contributed by atoms with Crippen molar-refractivity contribution in [3.63, 3.8) is 0 Å². The molecule has 23 heavy (non-hydrogen) atoms. The van der Waals surface area contributed by atoms with Crippen molar-refractivity contribution in [1.29, 1.82) is 0 Å². The number of allylic oxidation sites excluding steroid dienone is 1. The number of nitrogens with zero attached hydrogens (tertiary/aromatic N) is 1. The molecule has 1 spiro atoms. The Balaban J connectivity index is 1.89. The standard InChI is InChI=1S/C18H18BrNO3/c1-20-6-5-18-10-3-4-13(21)17(18)23-16-14(22-2)8-11(19)9(15(16)18)7-12(10)20/h3,8,12,17H,4-7H2,1-2H3/t12?,17-,18-/m1/s1. The van der Waals surface area contributed by atoms with Crippen molar-refractivity contribution in [3.05, 3.63) is 33.3 Å². The Kier molecular flexibility index (Phi) is 2.68. The van der Waals surface area contributed by atoms with E-state index in [2.05, 4.69) is 34.0 Å². The summed E-state index contributed by atoms with van der Waals surface area (Å²) in [6.45, 7) is 0.989. The molecule has 1 unspecified atom stereocenters. The molecule has 1 saturated heterocycles. The number of carbonyl (C=O) groups is 1. The first-order chi connectivity index (χ1) is 11.1. The molecule has 0 amide bonds. The van der Waals surface area contributed by atoms with Gasteiger partial charge in [-0.25, -0.2) is 0 Å². The summed E-state index contributed by atoms with van der Waals surface area (Å²) in [5.74, 6) is 1.71. The van der Waals surface area contributed by atoms with Crippen LogP contribution < -0.4 is 9.47 Å². The molecule has 3 atom stereocenters. The van der Waals surface area contributed by atoms with Crippen LogP contribution in [0.5, 0.6) is 11.5 Å². The second-order valence-corrected chi connectivity index (χ2v) is 7.85. The number of Topliss-reactive ketones (excluding diaryl/α,β-unsaturated/α-hetero) is 1. The quantitative estimate of drug-likeness (QED) is 0.707. The number of halogens is 1.